The van der Waals surface area contributed by atoms with Crippen LogP contribution in [0.4, 0.5) is 0 Å². The Morgan fingerprint density at radius 2 is 1.84 bits per heavy atom. The van der Waals surface area contributed by atoms with E-state index >= 15 is 0 Å². The van der Waals surface area contributed by atoms with E-state index in [1.54, 1.807) is 13.2 Å². The monoisotopic (exact) mass is 269 g/mol. The van der Waals surface area contributed by atoms with Gasteiger partial charge in [0.1, 0.15) is 12.7 Å². The van der Waals surface area contributed by atoms with Crippen molar-refractivity contribution in [3.8, 4) is 11.5 Å². The lowest BCUT2D eigenvalue weighted by Crippen LogP contribution is -2.32. The molecule has 5 nitrogen and oxygen atoms in total. The Hall–Kier alpha value is -1.30. The van der Waals surface area contributed by atoms with Gasteiger partial charge in [0.2, 0.25) is 0 Å². The maximum absolute atomic E-state index is 9.73. The zero-order valence-electron chi connectivity index (χ0n) is 11.8. The lowest BCUT2D eigenvalue weighted by atomic mass is 10.2. The van der Waals surface area contributed by atoms with Crippen molar-refractivity contribution in [2.24, 2.45) is 5.92 Å². The van der Waals surface area contributed by atoms with Gasteiger partial charge < -0.3 is 19.4 Å². The molecule has 0 bridgehead atoms. The van der Waals surface area contributed by atoms with E-state index in [-0.39, 0.29) is 6.61 Å². The molecule has 0 aliphatic carbocycles. The van der Waals surface area contributed by atoms with Crippen LogP contribution in [0.3, 0.4) is 0 Å². The molecule has 1 rings (SSSR count). The van der Waals surface area contributed by atoms with Crippen LogP contribution in [0.15, 0.2) is 24.3 Å². The first kappa shape index (κ1) is 15.8. The summed E-state index contributed by atoms with van der Waals surface area (Å²) in [7, 11) is 1.58. The third kappa shape index (κ3) is 6.42. The highest BCUT2D eigenvalue weighted by Gasteiger charge is 2.08. The van der Waals surface area contributed by atoms with Gasteiger partial charge in [0, 0.05) is 0 Å². The Balaban J connectivity index is 2.24. The predicted molar refractivity (Wildman–Crippen MR) is 73.3 cm³/mol. The number of benzene rings is 1. The van der Waals surface area contributed by atoms with Crippen molar-refractivity contribution >= 4 is 0 Å². The van der Waals surface area contributed by atoms with Crippen LogP contribution in [0.5, 0.6) is 11.5 Å². The smallest absolute Gasteiger partial charge is 0.161 e. The molecular formula is C14H23NO4. The number of methoxy groups -OCH3 is 1. The first-order chi connectivity index (χ1) is 9.13. The molecule has 0 radical (unpaired) electrons. The van der Waals surface area contributed by atoms with E-state index < -0.39 is 6.10 Å². The predicted octanol–water partition coefficient (Wildman–Crippen LogP) is 1.61. The number of aliphatic hydroxyl groups is 1. The second kappa shape index (κ2) is 8.74. The molecule has 1 atom stereocenters. The molecule has 0 spiro atoms. The summed E-state index contributed by atoms with van der Waals surface area (Å²) >= 11 is 0. The molecule has 0 aliphatic rings. The molecule has 0 amide bonds. The molecule has 0 saturated carbocycles. The molecule has 2 N–H and O–H groups in total. The van der Waals surface area contributed by atoms with Crippen molar-refractivity contribution < 1.29 is 19.4 Å². The van der Waals surface area contributed by atoms with Gasteiger partial charge in [-0.3, -0.25) is 0 Å². The Bertz CT molecular complexity index is 357. The molecule has 19 heavy (non-hydrogen) atoms. The van der Waals surface area contributed by atoms with Gasteiger partial charge in [0.25, 0.3) is 0 Å². The van der Waals surface area contributed by atoms with Gasteiger partial charge in [-0.1, -0.05) is 26.0 Å². The minimum atomic E-state index is -0.642. The summed E-state index contributed by atoms with van der Waals surface area (Å²) in [5.74, 6) is 1.72. The molecular weight excluding hydrogens is 246 g/mol. The van der Waals surface area contributed by atoms with E-state index in [0.717, 1.165) is 0 Å². The maximum atomic E-state index is 9.73. The fourth-order valence-corrected chi connectivity index (χ4v) is 1.36. The second-order valence-electron chi connectivity index (χ2n) is 4.67. The number of aliphatic hydroxyl groups excluding tert-OH is 1. The summed E-state index contributed by atoms with van der Waals surface area (Å²) in [6, 6.07) is 7.33. The van der Waals surface area contributed by atoms with Crippen molar-refractivity contribution in [2.75, 3.05) is 26.9 Å². The number of para-hydroxylation sites is 2. The zero-order chi connectivity index (χ0) is 14.1. The quantitative estimate of drug-likeness (QED) is 0.527. The lowest BCUT2D eigenvalue weighted by molar-refractivity contribution is -0.00789. The Labute approximate surface area is 114 Å². The van der Waals surface area contributed by atoms with Crippen molar-refractivity contribution in [3.63, 3.8) is 0 Å². The van der Waals surface area contributed by atoms with Gasteiger partial charge in [0.05, 0.1) is 20.3 Å². The molecule has 5 heteroatoms. The van der Waals surface area contributed by atoms with Crippen molar-refractivity contribution in [1.82, 2.24) is 5.48 Å². The van der Waals surface area contributed by atoms with Crippen LogP contribution in [0.25, 0.3) is 0 Å². The fraction of sp³-hybridized carbons (Fsp3) is 0.571. The standard InChI is InChI=1S/C14H23NO4/c1-11(2)9-19-15-8-12(16)10-18-14-7-5-4-6-13(14)17-3/h4-7,11-12,15-16H,8-10H2,1-3H3. The summed E-state index contributed by atoms with van der Waals surface area (Å²) < 4.78 is 10.7. The van der Waals surface area contributed by atoms with E-state index in [2.05, 4.69) is 19.3 Å². The molecule has 0 aromatic heterocycles. The van der Waals surface area contributed by atoms with Crippen LogP contribution in [0.2, 0.25) is 0 Å². The van der Waals surface area contributed by atoms with E-state index in [1.165, 1.54) is 0 Å². The normalized spacial score (nSPS) is 12.5. The van der Waals surface area contributed by atoms with Gasteiger partial charge in [-0.25, -0.2) is 0 Å². The molecule has 0 aliphatic heterocycles. The highest BCUT2D eigenvalue weighted by atomic mass is 16.6. The van der Waals surface area contributed by atoms with E-state index in [1.807, 2.05) is 18.2 Å². The number of hydroxylamine groups is 1. The lowest BCUT2D eigenvalue weighted by Gasteiger charge is -2.15. The van der Waals surface area contributed by atoms with E-state index in [9.17, 15) is 5.11 Å². The zero-order valence-corrected chi connectivity index (χ0v) is 11.8. The van der Waals surface area contributed by atoms with Crippen LogP contribution in [-0.4, -0.2) is 38.1 Å². The van der Waals surface area contributed by atoms with Crippen LogP contribution in [-0.2, 0) is 4.84 Å². The number of hydrogen-bond donors (Lipinski definition) is 2. The summed E-state index contributed by atoms with van der Waals surface area (Å²) in [5.41, 5.74) is 2.72. The Kier molecular flexibility index (Phi) is 7.25. The van der Waals surface area contributed by atoms with Gasteiger partial charge in [-0.05, 0) is 18.1 Å². The number of rotatable bonds is 9. The minimum Gasteiger partial charge on any atom is -0.493 e. The SMILES string of the molecule is COc1ccccc1OCC(O)CNOCC(C)C. The molecule has 0 saturated heterocycles. The van der Waals surface area contributed by atoms with Gasteiger partial charge in [0.15, 0.2) is 11.5 Å². The molecule has 1 unspecified atom stereocenters. The summed E-state index contributed by atoms with van der Waals surface area (Å²) in [6.07, 6.45) is -0.642. The first-order valence-electron chi connectivity index (χ1n) is 6.42. The molecule has 1 aromatic carbocycles. The van der Waals surface area contributed by atoms with E-state index in [4.69, 9.17) is 14.3 Å². The Morgan fingerprint density at radius 3 is 2.47 bits per heavy atom. The van der Waals surface area contributed by atoms with Crippen molar-refractivity contribution in [1.29, 1.82) is 0 Å². The second-order valence-corrected chi connectivity index (χ2v) is 4.67. The summed E-state index contributed by atoms with van der Waals surface area (Å²) in [6.45, 7) is 5.23. The third-order valence-electron chi connectivity index (χ3n) is 2.34. The summed E-state index contributed by atoms with van der Waals surface area (Å²) in [5, 5.41) is 9.73. The highest BCUT2D eigenvalue weighted by Crippen LogP contribution is 2.25. The van der Waals surface area contributed by atoms with Crippen molar-refractivity contribution in [3.05, 3.63) is 24.3 Å². The number of hydrogen-bond acceptors (Lipinski definition) is 5. The molecule has 0 fully saturated rings. The number of nitrogens with one attached hydrogen (secondary N) is 1. The van der Waals surface area contributed by atoms with Crippen LogP contribution >= 0.6 is 0 Å². The summed E-state index contributed by atoms with van der Waals surface area (Å²) in [4.78, 5) is 5.17. The Morgan fingerprint density at radius 1 is 1.16 bits per heavy atom. The molecule has 108 valence electrons. The van der Waals surface area contributed by atoms with Gasteiger partial charge >= 0.3 is 0 Å². The van der Waals surface area contributed by atoms with Crippen molar-refractivity contribution in [2.45, 2.75) is 20.0 Å². The molecule has 0 heterocycles. The van der Waals surface area contributed by atoms with Crippen LogP contribution < -0.4 is 15.0 Å². The van der Waals surface area contributed by atoms with Crippen LogP contribution in [0.1, 0.15) is 13.8 Å². The van der Waals surface area contributed by atoms with Gasteiger partial charge in [-0.2, -0.15) is 5.48 Å². The average Bonchev–Trinajstić information content (AvgIpc) is 2.41. The van der Waals surface area contributed by atoms with E-state index in [0.29, 0.717) is 30.6 Å². The largest absolute Gasteiger partial charge is 0.493 e. The topological polar surface area (TPSA) is 60.0 Å². The van der Waals surface area contributed by atoms with Gasteiger partial charge in [-0.15, -0.1) is 0 Å². The third-order valence-corrected chi connectivity index (χ3v) is 2.34. The molecule has 1 aromatic rings. The maximum Gasteiger partial charge on any atom is 0.161 e. The highest BCUT2D eigenvalue weighted by molar-refractivity contribution is 5.39. The van der Waals surface area contributed by atoms with Crippen LogP contribution in [0, 0.1) is 5.92 Å². The fourth-order valence-electron chi connectivity index (χ4n) is 1.36. The number of ether oxygens (including phenoxy) is 2. The average molecular weight is 269 g/mol. The first-order valence-corrected chi connectivity index (χ1v) is 6.42. The minimum absolute atomic E-state index is 0.179.